The van der Waals surface area contributed by atoms with E-state index in [0.717, 1.165) is 18.2 Å². The smallest absolute Gasteiger partial charge is 0.184 e. The van der Waals surface area contributed by atoms with E-state index in [0.29, 0.717) is 18.2 Å². The van der Waals surface area contributed by atoms with Crippen LogP contribution in [0.2, 0.25) is 25.7 Å². The van der Waals surface area contributed by atoms with Gasteiger partial charge in [0.2, 0.25) is 0 Å². The second-order valence-corrected chi connectivity index (χ2v) is 11.6. The highest BCUT2D eigenvalue weighted by molar-refractivity contribution is 6.76. The molecule has 0 atom stereocenters. The van der Waals surface area contributed by atoms with Gasteiger partial charge in [0.25, 0.3) is 0 Å². The van der Waals surface area contributed by atoms with E-state index in [2.05, 4.69) is 35.2 Å². The van der Waals surface area contributed by atoms with Crippen LogP contribution >= 0.6 is 0 Å². The standard InChI is InChI=1S/C13H21N5OSi/c1-20(2,3)8-7-19-10-18-13(15-16-17-18)11-5-4-6-12(14)9-11/h4-6,9H,7-8,10,14H2,1-3H3. The summed E-state index contributed by atoms with van der Waals surface area (Å²) in [6.07, 6.45) is 0. The highest BCUT2D eigenvalue weighted by atomic mass is 28.3. The van der Waals surface area contributed by atoms with Gasteiger partial charge in [-0.3, -0.25) is 0 Å². The molecular formula is C13H21N5OSi. The second-order valence-electron chi connectivity index (χ2n) is 5.98. The van der Waals surface area contributed by atoms with Crippen LogP contribution in [0.5, 0.6) is 0 Å². The van der Waals surface area contributed by atoms with Crippen molar-refractivity contribution < 1.29 is 4.74 Å². The Morgan fingerprint density at radius 2 is 2.10 bits per heavy atom. The highest BCUT2D eigenvalue weighted by Crippen LogP contribution is 2.18. The van der Waals surface area contributed by atoms with Crippen molar-refractivity contribution >= 4 is 13.8 Å². The van der Waals surface area contributed by atoms with Crippen LogP contribution < -0.4 is 5.73 Å². The Kier molecular flexibility index (Phi) is 4.51. The summed E-state index contributed by atoms with van der Waals surface area (Å²) in [6, 6.07) is 8.63. The topological polar surface area (TPSA) is 78.8 Å². The van der Waals surface area contributed by atoms with Crippen LogP contribution in [-0.4, -0.2) is 34.9 Å². The Hall–Kier alpha value is -1.73. The van der Waals surface area contributed by atoms with E-state index in [1.165, 1.54) is 0 Å². The van der Waals surface area contributed by atoms with E-state index < -0.39 is 8.07 Å². The summed E-state index contributed by atoms with van der Waals surface area (Å²) in [4.78, 5) is 0. The molecule has 108 valence electrons. The van der Waals surface area contributed by atoms with Crippen LogP contribution in [0.25, 0.3) is 11.4 Å². The summed E-state index contributed by atoms with van der Waals surface area (Å²) < 4.78 is 7.32. The predicted molar refractivity (Wildman–Crippen MR) is 81.8 cm³/mol. The number of aromatic nitrogens is 4. The molecule has 0 spiro atoms. The van der Waals surface area contributed by atoms with Crippen molar-refractivity contribution in [3.8, 4) is 11.4 Å². The fourth-order valence-electron chi connectivity index (χ4n) is 1.71. The monoisotopic (exact) mass is 291 g/mol. The molecule has 0 saturated heterocycles. The normalized spacial score (nSPS) is 11.8. The third kappa shape index (κ3) is 4.14. The van der Waals surface area contributed by atoms with Gasteiger partial charge in [-0.15, -0.1) is 5.10 Å². The quantitative estimate of drug-likeness (QED) is 0.501. The Labute approximate surface area is 119 Å². The average Bonchev–Trinajstić information content (AvgIpc) is 2.82. The van der Waals surface area contributed by atoms with Crippen molar-refractivity contribution in [2.24, 2.45) is 0 Å². The summed E-state index contributed by atoms with van der Waals surface area (Å²) in [5.41, 5.74) is 7.36. The molecule has 1 heterocycles. The molecule has 0 fully saturated rings. The minimum absolute atomic E-state index is 0.363. The van der Waals surface area contributed by atoms with E-state index in [1.807, 2.05) is 24.3 Å². The molecule has 0 amide bonds. The summed E-state index contributed by atoms with van der Waals surface area (Å²) >= 11 is 0. The zero-order chi connectivity index (χ0) is 14.6. The predicted octanol–water partition coefficient (Wildman–Crippen LogP) is 2.23. The number of nitrogens with zero attached hydrogens (tertiary/aromatic N) is 4. The van der Waals surface area contributed by atoms with E-state index in [-0.39, 0.29) is 0 Å². The molecule has 0 unspecified atom stereocenters. The number of anilines is 1. The number of hydrogen-bond donors (Lipinski definition) is 1. The fourth-order valence-corrected chi connectivity index (χ4v) is 2.46. The first-order valence-electron chi connectivity index (χ1n) is 6.65. The number of tetrazole rings is 1. The van der Waals surface area contributed by atoms with Gasteiger partial charge in [-0.2, -0.15) is 4.68 Å². The molecule has 0 radical (unpaired) electrons. The Bertz CT molecular complexity index is 564. The van der Waals surface area contributed by atoms with Crippen LogP contribution in [0.3, 0.4) is 0 Å². The first kappa shape index (κ1) is 14.7. The maximum Gasteiger partial charge on any atom is 0.184 e. The molecule has 2 N–H and O–H groups in total. The molecular weight excluding hydrogens is 270 g/mol. The zero-order valence-electron chi connectivity index (χ0n) is 12.2. The molecule has 1 aromatic carbocycles. The van der Waals surface area contributed by atoms with Gasteiger partial charge in [0.15, 0.2) is 5.82 Å². The number of hydrogen-bond acceptors (Lipinski definition) is 5. The van der Waals surface area contributed by atoms with Crippen molar-refractivity contribution in [2.45, 2.75) is 32.4 Å². The van der Waals surface area contributed by atoms with Crippen molar-refractivity contribution in [3.05, 3.63) is 24.3 Å². The third-order valence-electron chi connectivity index (χ3n) is 2.89. The molecule has 0 bridgehead atoms. The van der Waals surface area contributed by atoms with Crippen LogP contribution in [0.4, 0.5) is 5.69 Å². The minimum Gasteiger partial charge on any atom is -0.399 e. The van der Waals surface area contributed by atoms with Gasteiger partial charge in [-0.25, -0.2) is 0 Å². The van der Waals surface area contributed by atoms with Gasteiger partial charge in [0.05, 0.1) is 0 Å². The second kappa shape index (κ2) is 6.15. The number of ether oxygens (including phenoxy) is 1. The Morgan fingerprint density at radius 3 is 2.80 bits per heavy atom. The lowest BCUT2D eigenvalue weighted by atomic mass is 10.2. The molecule has 2 aromatic rings. The Balaban J connectivity index is 1.99. The Morgan fingerprint density at radius 1 is 1.30 bits per heavy atom. The zero-order valence-corrected chi connectivity index (χ0v) is 13.2. The van der Waals surface area contributed by atoms with Gasteiger partial charge in [-0.05, 0) is 28.6 Å². The largest absolute Gasteiger partial charge is 0.399 e. The average molecular weight is 291 g/mol. The first-order chi connectivity index (χ1) is 9.46. The lowest BCUT2D eigenvalue weighted by molar-refractivity contribution is 0.0784. The van der Waals surface area contributed by atoms with Gasteiger partial charge in [0, 0.05) is 25.9 Å². The van der Waals surface area contributed by atoms with Crippen LogP contribution in [0.1, 0.15) is 0 Å². The molecule has 7 heteroatoms. The molecule has 2 rings (SSSR count). The van der Waals surface area contributed by atoms with Crippen LogP contribution in [0, 0.1) is 0 Å². The van der Waals surface area contributed by atoms with Gasteiger partial charge < -0.3 is 10.5 Å². The minimum atomic E-state index is -1.07. The van der Waals surface area contributed by atoms with E-state index >= 15 is 0 Å². The van der Waals surface area contributed by atoms with Gasteiger partial charge in [0.1, 0.15) is 6.73 Å². The molecule has 6 nitrogen and oxygen atoms in total. The van der Waals surface area contributed by atoms with E-state index in [4.69, 9.17) is 10.5 Å². The molecule has 0 aliphatic heterocycles. The fraction of sp³-hybridized carbons (Fsp3) is 0.462. The van der Waals surface area contributed by atoms with Crippen molar-refractivity contribution in [1.29, 1.82) is 0 Å². The molecule has 0 saturated carbocycles. The van der Waals surface area contributed by atoms with E-state index in [1.54, 1.807) is 4.68 Å². The summed E-state index contributed by atoms with van der Waals surface area (Å²) in [7, 11) is -1.07. The molecule has 20 heavy (non-hydrogen) atoms. The SMILES string of the molecule is C[Si](C)(C)CCOCn1nnnc1-c1cccc(N)c1. The maximum atomic E-state index is 5.78. The lowest BCUT2D eigenvalue weighted by Gasteiger charge is -2.15. The van der Waals surface area contributed by atoms with Gasteiger partial charge >= 0.3 is 0 Å². The maximum absolute atomic E-state index is 5.78. The van der Waals surface area contributed by atoms with Crippen molar-refractivity contribution in [3.63, 3.8) is 0 Å². The number of nitrogens with two attached hydrogens (primary N) is 1. The van der Waals surface area contributed by atoms with E-state index in [9.17, 15) is 0 Å². The van der Waals surface area contributed by atoms with Gasteiger partial charge in [-0.1, -0.05) is 31.8 Å². The summed E-state index contributed by atoms with van der Waals surface area (Å²) in [6.45, 7) is 8.08. The number of rotatable bonds is 6. The van der Waals surface area contributed by atoms with Crippen molar-refractivity contribution in [1.82, 2.24) is 20.2 Å². The van der Waals surface area contributed by atoms with Crippen molar-refractivity contribution in [2.75, 3.05) is 12.3 Å². The molecule has 1 aromatic heterocycles. The first-order valence-corrected chi connectivity index (χ1v) is 10.4. The van der Waals surface area contributed by atoms with Crippen LogP contribution in [0.15, 0.2) is 24.3 Å². The summed E-state index contributed by atoms with van der Waals surface area (Å²) in [5.74, 6) is 0.672. The third-order valence-corrected chi connectivity index (χ3v) is 4.59. The highest BCUT2D eigenvalue weighted by Gasteiger charge is 2.13. The lowest BCUT2D eigenvalue weighted by Crippen LogP contribution is -2.22. The number of nitrogen functional groups attached to an aromatic ring is 1. The molecule has 0 aliphatic carbocycles. The number of benzene rings is 1. The molecule has 0 aliphatic rings. The summed E-state index contributed by atoms with van der Waals surface area (Å²) in [5, 5.41) is 11.7. The van der Waals surface area contributed by atoms with Crippen LogP contribution in [-0.2, 0) is 11.5 Å².